The smallest absolute Gasteiger partial charge is 0.253 e. The van der Waals surface area contributed by atoms with Crippen molar-refractivity contribution in [1.29, 1.82) is 0 Å². The maximum atomic E-state index is 13.0. The van der Waals surface area contributed by atoms with Crippen molar-refractivity contribution < 1.29 is 4.79 Å². The fourth-order valence-corrected chi connectivity index (χ4v) is 3.89. The van der Waals surface area contributed by atoms with Crippen LogP contribution in [0, 0.1) is 5.92 Å². The van der Waals surface area contributed by atoms with E-state index < -0.39 is 0 Å². The third-order valence-electron chi connectivity index (χ3n) is 5.58. The zero-order chi connectivity index (χ0) is 18.1. The van der Waals surface area contributed by atoms with Crippen LogP contribution in [0.2, 0.25) is 0 Å². The molecule has 1 saturated heterocycles. The number of likely N-dealkylation sites (tertiary alicyclic amines) is 1. The summed E-state index contributed by atoms with van der Waals surface area (Å²) in [6.45, 7) is 2.70. The van der Waals surface area contributed by atoms with E-state index in [2.05, 4.69) is 15.7 Å². The van der Waals surface area contributed by atoms with Gasteiger partial charge in [0.05, 0.1) is 0 Å². The standard InChI is InChI=1S/C21H28N4O/c1-23(2)19-7-3-5-17(13-19)21(26)25-11-4-6-18(15-25)20-22-10-12-24(20)14-16-8-9-16/h3,5,7,10,12-13,16,18H,4,6,8-9,11,14-15H2,1-2H3/t18-/m0/s1. The highest BCUT2D eigenvalue weighted by Crippen LogP contribution is 2.33. The summed E-state index contributed by atoms with van der Waals surface area (Å²) in [5, 5.41) is 0. The van der Waals surface area contributed by atoms with E-state index in [0.29, 0.717) is 5.92 Å². The molecule has 0 bridgehead atoms. The van der Waals surface area contributed by atoms with Crippen molar-refractivity contribution in [2.75, 3.05) is 32.1 Å². The lowest BCUT2D eigenvalue weighted by Gasteiger charge is -2.33. The predicted octanol–water partition coefficient (Wildman–Crippen LogP) is 3.38. The number of benzene rings is 1. The van der Waals surface area contributed by atoms with E-state index in [-0.39, 0.29) is 5.91 Å². The molecule has 5 heteroatoms. The molecule has 1 saturated carbocycles. The Morgan fingerprint density at radius 1 is 1.27 bits per heavy atom. The van der Waals surface area contributed by atoms with Gasteiger partial charge in [-0.3, -0.25) is 4.79 Å². The SMILES string of the molecule is CN(C)c1cccc(C(=O)N2CCC[C@H](c3nccn3CC3CC3)C2)c1. The van der Waals surface area contributed by atoms with E-state index >= 15 is 0 Å². The largest absolute Gasteiger partial charge is 0.378 e. The molecule has 0 N–H and O–H groups in total. The van der Waals surface area contributed by atoms with Gasteiger partial charge in [0.1, 0.15) is 5.82 Å². The molecule has 1 aliphatic carbocycles. The maximum absolute atomic E-state index is 13.0. The van der Waals surface area contributed by atoms with Gasteiger partial charge < -0.3 is 14.4 Å². The van der Waals surface area contributed by atoms with E-state index in [4.69, 9.17) is 0 Å². The minimum Gasteiger partial charge on any atom is -0.378 e. The van der Waals surface area contributed by atoms with Gasteiger partial charge in [0.15, 0.2) is 0 Å². The highest BCUT2D eigenvalue weighted by molar-refractivity contribution is 5.95. The maximum Gasteiger partial charge on any atom is 0.253 e. The average molecular weight is 352 g/mol. The summed E-state index contributed by atoms with van der Waals surface area (Å²) < 4.78 is 2.32. The molecule has 2 fully saturated rings. The number of carbonyl (C=O) groups is 1. The molecule has 1 atom stereocenters. The molecule has 0 spiro atoms. The highest BCUT2D eigenvalue weighted by Gasteiger charge is 2.29. The second-order valence-electron chi connectivity index (χ2n) is 7.92. The Balaban J connectivity index is 1.49. The van der Waals surface area contributed by atoms with Gasteiger partial charge in [0.2, 0.25) is 0 Å². The number of aromatic nitrogens is 2. The lowest BCUT2D eigenvalue weighted by Crippen LogP contribution is -2.39. The lowest BCUT2D eigenvalue weighted by molar-refractivity contribution is 0.0703. The molecule has 4 rings (SSSR count). The molecule has 1 aliphatic heterocycles. The van der Waals surface area contributed by atoms with E-state index in [1.54, 1.807) is 0 Å². The van der Waals surface area contributed by atoms with Gasteiger partial charge in [0, 0.05) is 63.3 Å². The molecule has 1 aromatic carbocycles. The van der Waals surface area contributed by atoms with Crippen LogP contribution in [-0.2, 0) is 6.54 Å². The Bertz CT molecular complexity index is 778. The van der Waals surface area contributed by atoms with E-state index in [1.807, 2.05) is 54.4 Å². The van der Waals surface area contributed by atoms with Crippen molar-refractivity contribution in [3.8, 4) is 0 Å². The Morgan fingerprint density at radius 2 is 2.12 bits per heavy atom. The predicted molar refractivity (Wildman–Crippen MR) is 104 cm³/mol. The summed E-state index contributed by atoms with van der Waals surface area (Å²) in [6.07, 6.45) is 8.86. The van der Waals surface area contributed by atoms with Crippen LogP contribution in [0.15, 0.2) is 36.7 Å². The number of carbonyl (C=O) groups excluding carboxylic acids is 1. The molecule has 1 amide bonds. The molecule has 26 heavy (non-hydrogen) atoms. The molecular formula is C21H28N4O. The van der Waals surface area contributed by atoms with E-state index in [0.717, 1.165) is 55.5 Å². The fourth-order valence-electron chi connectivity index (χ4n) is 3.89. The van der Waals surface area contributed by atoms with Gasteiger partial charge in [-0.15, -0.1) is 0 Å². The highest BCUT2D eigenvalue weighted by atomic mass is 16.2. The summed E-state index contributed by atoms with van der Waals surface area (Å²) in [6, 6.07) is 7.91. The molecule has 138 valence electrons. The summed E-state index contributed by atoms with van der Waals surface area (Å²) in [7, 11) is 4.00. The number of rotatable bonds is 5. The van der Waals surface area contributed by atoms with Crippen molar-refractivity contribution in [2.24, 2.45) is 5.92 Å². The fraction of sp³-hybridized carbons (Fsp3) is 0.524. The number of piperidine rings is 1. The number of hydrogen-bond acceptors (Lipinski definition) is 3. The quantitative estimate of drug-likeness (QED) is 0.828. The number of amides is 1. The van der Waals surface area contributed by atoms with Gasteiger partial charge in [-0.05, 0) is 49.8 Å². The molecular weight excluding hydrogens is 324 g/mol. The van der Waals surface area contributed by atoms with Crippen LogP contribution in [-0.4, -0.2) is 47.5 Å². The van der Waals surface area contributed by atoms with Crippen molar-refractivity contribution in [3.63, 3.8) is 0 Å². The second kappa shape index (κ2) is 7.14. The Morgan fingerprint density at radius 3 is 2.88 bits per heavy atom. The number of anilines is 1. The van der Waals surface area contributed by atoms with Crippen LogP contribution < -0.4 is 4.90 Å². The minimum absolute atomic E-state index is 0.138. The third kappa shape index (κ3) is 3.62. The first-order valence-corrected chi connectivity index (χ1v) is 9.69. The Hall–Kier alpha value is -2.30. The van der Waals surface area contributed by atoms with Crippen LogP contribution in [0.3, 0.4) is 0 Å². The summed E-state index contributed by atoms with van der Waals surface area (Å²) >= 11 is 0. The van der Waals surface area contributed by atoms with Gasteiger partial charge in [-0.2, -0.15) is 0 Å². The molecule has 2 aliphatic rings. The molecule has 0 radical (unpaired) electrons. The first kappa shape index (κ1) is 17.1. The van der Waals surface area contributed by atoms with Gasteiger partial charge in [-0.25, -0.2) is 4.98 Å². The monoisotopic (exact) mass is 352 g/mol. The van der Waals surface area contributed by atoms with Crippen molar-refractivity contribution in [2.45, 2.75) is 38.1 Å². The van der Waals surface area contributed by atoms with Crippen molar-refractivity contribution in [3.05, 3.63) is 48.0 Å². The first-order valence-electron chi connectivity index (χ1n) is 9.69. The minimum atomic E-state index is 0.138. The zero-order valence-electron chi connectivity index (χ0n) is 15.8. The number of nitrogens with zero attached hydrogens (tertiary/aromatic N) is 4. The first-order chi connectivity index (χ1) is 12.6. The number of hydrogen-bond donors (Lipinski definition) is 0. The summed E-state index contributed by atoms with van der Waals surface area (Å²) in [5.41, 5.74) is 1.84. The summed E-state index contributed by atoms with van der Waals surface area (Å²) in [5.74, 6) is 2.48. The van der Waals surface area contributed by atoms with Crippen molar-refractivity contribution in [1.82, 2.24) is 14.5 Å². The van der Waals surface area contributed by atoms with Crippen LogP contribution in [0.1, 0.15) is 47.8 Å². The normalized spacial score (nSPS) is 20.2. The van der Waals surface area contributed by atoms with Crippen molar-refractivity contribution >= 4 is 11.6 Å². The average Bonchev–Trinajstić information content (AvgIpc) is 3.36. The topological polar surface area (TPSA) is 41.4 Å². The van der Waals surface area contributed by atoms with Crippen LogP contribution >= 0.6 is 0 Å². The molecule has 0 unspecified atom stereocenters. The lowest BCUT2D eigenvalue weighted by atomic mass is 9.96. The molecule has 1 aromatic heterocycles. The second-order valence-corrected chi connectivity index (χ2v) is 7.92. The Labute approximate surface area is 155 Å². The van der Waals surface area contributed by atoms with Gasteiger partial charge >= 0.3 is 0 Å². The summed E-state index contributed by atoms with van der Waals surface area (Å²) in [4.78, 5) is 21.7. The van der Waals surface area contributed by atoms with E-state index in [9.17, 15) is 4.79 Å². The number of imidazole rings is 1. The third-order valence-corrected chi connectivity index (χ3v) is 5.58. The van der Waals surface area contributed by atoms with Gasteiger partial charge in [-0.1, -0.05) is 6.07 Å². The van der Waals surface area contributed by atoms with Gasteiger partial charge in [0.25, 0.3) is 5.91 Å². The van der Waals surface area contributed by atoms with Crippen LogP contribution in [0.25, 0.3) is 0 Å². The Kier molecular flexibility index (Phi) is 4.70. The molecule has 2 heterocycles. The van der Waals surface area contributed by atoms with Crippen LogP contribution in [0.5, 0.6) is 0 Å². The molecule has 5 nitrogen and oxygen atoms in total. The zero-order valence-corrected chi connectivity index (χ0v) is 15.8. The molecule has 2 aromatic rings. The van der Waals surface area contributed by atoms with Crippen LogP contribution in [0.4, 0.5) is 5.69 Å². The van der Waals surface area contributed by atoms with E-state index in [1.165, 1.54) is 12.8 Å².